The van der Waals surface area contributed by atoms with Gasteiger partial charge in [0.25, 0.3) is 5.91 Å². The number of aromatic nitrogens is 1. The van der Waals surface area contributed by atoms with E-state index in [1.807, 2.05) is 36.1 Å². The van der Waals surface area contributed by atoms with Crippen LogP contribution in [0.5, 0.6) is 5.75 Å². The van der Waals surface area contributed by atoms with Crippen molar-refractivity contribution in [1.82, 2.24) is 9.47 Å². The van der Waals surface area contributed by atoms with Crippen LogP contribution in [0.4, 0.5) is 0 Å². The molecule has 4 nitrogen and oxygen atoms in total. The molecule has 0 N–H and O–H groups in total. The average Bonchev–Trinajstić information content (AvgIpc) is 3.25. The summed E-state index contributed by atoms with van der Waals surface area (Å²) in [4.78, 5) is 15.5. The van der Waals surface area contributed by atoms with Gasteiger partial charge in [0.05, 0.1) is 18.8 Å². The van der Waals surface area contributed by atoms with Crippen molar-refractivity contribution in [2.24, 2.45) is 7.05 Å². The highest BCUT2D eigenvalue weighted by Gasteiger charge is 2.39. The molecule has 1 aliphatic rings. The van der Waals surface area contributed by atoms with E-state index in [0.29, 0.717) is 6.54 Å². The smallest absolute Gasteiger partial charge is 0.250 e. The van der Waals surface area contributed by atoms with Crippen LogP contribution in [0.1, 0.15) is 31.0 Å². The molecule has 1 atom stereocenters. The molecule has 3 aromatic carbocycles. The average molecular weight is 437 g/mol. The first kappa shape index (κ1) is 21.1. The third-order valence-electron chi connectivity index (χ3n) is 6.85. The third kappa shape index (κ3) is 3.43. The van der Waals surface area contributed by atoms with Crippen molar-refractivity contribution in [3.63, 3.8) is 0 Å². The number of ether oxygens (including phenoxy) is 1. The van der Waals surface area contributed by atoms with E-state index in [1.54, 1.807) is 7.11 Å². The first-order chi connectivity index (χ1) is 16.0. The molecule has 0 radical (unpaired) electrons. The van der Waals surface area contributed by atoms with Crippen LogP contribution in [0.15, 0.2) is 90.0 Å². The largest absolute Gasteiger partial charge is 0.497 e. The Bertz CT molecular complexity index is 1380. The molecule has 0 aliphatic carbocycles. The molecule has 0 spiro atoms. The minimum absolute atomic E-state index is 0.0901. The first-order valence-electron chi connectivity index (χ1n) is 11.2. The van der Waals surface area contributed by atoms with E-state index in [1.165, 1.54) is 10.9 Å². The molecule has 5 rings (SSSR count). The lowest BCUT2D eigenvalue weighted by atomic mass is 9.93. The van der Waals surface area contributed by atoms with Crippen LogP contribution in [-0.4, -0.2) is 22.5 Å². The minimum atomic E-state index is -0.134. The lowest BCUT2D eigenvalue weighted by Crippen LogP contribution is -2.29. The van der Waals surface area contributed by atoms with Crippen molar-refractivity contribution in [3.8, 4) is 17.0 Å². The third-order valence-corrected chi connectivity index (χ3v) is 6.85. The van der Waals surface area contributed by atoms with Crippen molar-refractivity contribution in [2.75, 3.05) is 7.11 Å². The van der Waals surface area contributed by atoms with E-state index in [0.717, 1.165) is 39.2 Å². The van der Waals surface area contributed by atoms with Crippen LogP contribution in [0.3, 0.4) is 0 Å². The maximum atomic E-state index is 13.5. The molecular formula is C29H28N2O2. The second kappa shape index (κ2) is 8.28. The molecular weight excluding hydrogens is 408 g/mol. The van der Waals surface area contributed by atoms with E-state index in [4.69, 9.17) is 4.74 Å². The second-order valence-corrected chi connectivity index (χ2v) is 8.70. The molecule has 166 valence electrons. The second-order valence-electron chi connectivity index (χ2n) is 8.70. The molecule has 0 saturated heterocycles. The molecule has 4 aromatic rings. The lowest BCUT2D eigenvalue weighted by molar-refractivity contribution is -0.127. The quantitative estimate of drug-likeness (QED) is 0.369. The fraction of sp³-hybridized carbons (Fsp3) is 0.207. The number of hydrogen-bond donors (Lipinski definition) is 0. The molecule has 33 heavy (non-hydrogen) atoms. The Morgan fingerprint density at radius 1 is 0.909 bits per heavy atom. The van der Waals surface area contributed by atoms with Crippen LogP contribution in [-0.2, 0) is 18.4 Å². The highest BCUT2D eigenvalue weighted by molar-refractivity contribution is 6.00. The maximum Gasteiger partial charge on any atom is 0.250 e. The van der Waals surface area contributed by atoms with E-state index >= 15 is 0 Å². The molecule has 0 fully saturated rings. The number of fused-ring (bicyclic) bond motifs is 1. The topological polar surface area (TPSA) is 34.5 Å². The van der Waals surface area contributed by atoms with Crippen molar-refractivity contribution < 1.29 is 9.53 Å². The molecule has 1 amide bonds. The number of para-hydroxylation sites is 1. The summed E-state index contributed by atoms with van der Waals surface area (Å²) in [5, 5.41) is 1.18. The monoisotopic (exact) mass is 436 g/mol. The van der Waals surface area contributed by atoms with Gasteiger partial charge in [0, 0.05) is 35.6 Å². The van der Waals surface area contributed by atoms with Crippen LogP contribution in [0.2, 0.25) is 0 Å². The normalized spacial score (nSPS) is 16.2. The van der Waals surface area contributed by atoms with E-state index in [9.17, 15) is 4.79 Å². The Labute approximate surface area is 194 Å². The highest BCUT2D eigenvalue weighted by atomic mass is 16.5. The number of carbonyl (C=O) groups is 1. The van der Waals surface area contributed by atoms with E-state index in [-0.39, 0.29) is 11.9 Å². The molecule has 2 heterocycles. The Morgan fingerprint density at radius 3 is 2.39 bits per heavy atom. The van der Waals surface area contributed by atoms with Gasteiger partial charge in [-0.2, -0.15) is 0 Å². The highest BCUT2D eigenvalue weighted by Crippen LogP contribution is 2.46. The summed E-state index contributed by atoms with van der Waals surface area (Å²) in [6.45, 7) is 4.57. The molecule has 1 aliphatic heterocycles. The number of methoxy groups -OCH3 is 1. The van der Waals surface area contributed by atoms with Gasteiger partial charge in [-0.15, -0.1) is 0 Å². The fourth-order valence-electron chi connectivity index (χ4n) is 5.09. The summed E-state index contributed by atoms with van der Waals surface area (Å²) in [7, 11) is 3.78. The fourth-order valence-corrected chi connectivity index (χ4v) is 5.09. The number of hydrogen-bond acceptors (Lipinski definition) is 2. The first-order valence-corrected chi connectivity index (χ1v) is 11.2. The van der Waals surface area contributed by atoms with Crippen molar-refractivity contribution >= 4 is 16.8 Å². The van der Waals surface area contributed by atoms with Gasteiger partial charge in [0.15, 0.2) is 0 Å². The zero-order valence-electron chi connectivity index (χ0n) is 19.5. The van der Waals surface area contributed by atoms with Gasteiger partial charge in [0.2, 0.25) is 0 Å². The Balaban J connectivity index is 1.72. The lowest BCUT2D eigenvalue weighted by Gasteiger charge is -2.28. The van der Waals surface area contributed by atoms with Gasteiger partial charge in [-0.25, -0.2) is 0 Å². The van der Waals surface area contributed by atoms with Crippen LogP contribution in [0.25, 0.3) is 22.2 Å². The van der Waals surface area contributed by atoms with Crippen molar-refractivity contribution in [2.45, 2.75) is 26.4 Å². The molecule has 1 unspecified atom stereocenters. The van der Waals surface area contributed by atoms with Gasteiger partial charge in [0.1, 0.15) is 5.75 Å². The van der Waals surface area contributed by atoms with Gasteiger partial charge in [-0.1, -0.05) is 60.7 Å². The summed E-state index contributed by atoms with van der Waals surface area (Å²) in [5.41, 5.74) is 7.64. The van der Waals surface area contributed by atoms with Gasteiger partial charge in [-0.05, 0) is 48.7 Å². The number of amides is 1. The summed E-state index contributed by atoms with van der Waals surface area (Å²) < 4.78 is 7.68. The Hall–Kier alpha value is -3.79. The summed E-state index contributed by atoms with van der Waals surface area (Å²) in [6.07, 6.45) is 0. The molecule has 1 aromatic heterocycles. The predicted octanol–water partition coefficient (Wildman–Crippen LogP) is 6.27. The Morgan fingerprint density at radius 2 is 1.64 bits per heavy atom. The maximum absolute atomic E-state index is 13.5. The molecule has 0 saturated carbocycles. The summed E-state index contributed by atoms with van der Waals surface area (Å²) >= 11 is 0. The van der Waals surface area contributed by atoms with Gasteiger partial charge in [-0.3, -0.25) is 4.79 Å². The number of benzene rings is 3. The standard InChI is InChI=1S/C29H28N2O2/c1-19-20(2)29(32)31(18-21-11-10-14-23(17-21)33-4)27(19)26-24-15-8-9-16-25(24)30(3)28(26)22-12-6-5-7-13-22/h5-17,27H,18H2,1-4H3. The minimum Gasteiger partial charge on any atom is -0.497 e. The summed E-state index contributed by atoms with van der Waals surface area (Å²) in [6, 6.07) is 26.8. The van der Waals surface area contributed by atoms with Crippen molar-refractivity contribution in [3.05, 3.63) is 101 Å². The predicted molar refractivity (Wildman–Crippen MR) is 133 cm³/mol. The molecule has 4 heteroatoms. The van der Waals surface area contributed by atoms with Gasteiger partial charge < -0.3 is 14.2 Å². The van der Waals surface area contributed by atoms with E-state index < -0.39 is 0 Å². The number of nitrogens with zero attached hydrogens (tertiary/aromatic N) is 2. The van der Waals surface area contributed by atoms with E-state index in [2.05, 4.69) is 73.1 Å². The van der Waals surface area contributed by atoms with Crippen LogP contribution in [0, 0.1) is 0 Å². The van der Waals surface area contributed by atoms with Crippen LogP contribution < -0.4 is 4.74 Å². The summed E-state index contributed by atoms with van der Waals surface area (Å²) in [5.74, 6) is 0.888. The number of rotatable bonds is 5. The van der Waals surface area contributed by atoms with Gasteiger partial charge >= 0.3 is 0 Å². The number of aryl methyl sites for hydroxylation is 1. The SMILES string of the molecule is COc1cccc(CN2C(=O)C(C)=C(C)C2c2c(-c3ccccc3)n(C)c3ccccc23)c1. The molecule has 0 bridgehead atoms. The zero-order chi connectivity index (χ0) is 23.1. The van der Waals surface area contributed by atoms with Crippen molar-refractivity contribution in [1.29, 1.82) is 0 Å². The van der Waals surface area contributed by atoms with Crippen LogP contribution >= 0.6 is 0 Å². The Kier molecular flexibility index (Phi) is 5.29. The number of carbonyl (C=O) groups excluding carboxylic acids is 1. The zero-order valence-corrected chi connectivity index (χ0v) is 19.5.